The Bertz CT molecular complexity index is 765. The van der Waals surface area contributed by atoms with Crippen LogP contribution in [-0.4, -0.2) is 5.78 Å². The molecule has 0 atom stereocenters. The van der Waals surface area contributed by atoms with Crippen LogP contribution in [-0.2, 0) is 0 Å². The van der Waals surface area contributed by atoms with Gasteiger partial charge in [0.15, 0.2) is 5.78 Å². The second-order valence-electron chi connectivity index (χ2n) is 7.23. The Morgan fingerprint density at radius 2 is 1.48 bits per heavy atom. The molecule has 0 spiro atoms. The first kappa shape index (κ1) is 14.1. The van der Waals surface area contributed by atoms with Crippen molar-refractivity contribution in [2.45, 2.75) is 34.6 Å². The van der Waals surface area contributed by atoms with Crippen molar-refractivity contribution in [2.24, 2.45) is 11.3 Å². The van der Waals surface area contributed by atoms with E-state index in [1.807, 2.05) is 12.1 Å². The van der Waals surface area contributed by atoms with Gasteiger partial charge in [-0.25, -0.2) is 0 Å². The number of ketones is 1. The molecule has 3 rings (SSSR count). The summed E-state index contributed by atoms with van der Waals surface area (Å²) in [7, 11) is 0. The fourth-order valence-electron chi connectivity index (χ4n) is 3.50. The largest absolute Gasteiger partial charge is 0.289 e. The van der Waals surface area contributed by atoms with Crippen LogP contribution in [0.4, 0.5) is 0 Å². The van der Waals surface area contributed by atoms with Crippen LogP contribution in [0.2, 0.25) is 0 Å². The third kappa shape index (κ3) is 2.03. The van der Waals surface area contributed by atoms with Crippen molar-refractivity contribution < 1.29 is 4.79 Å². The maximum atomic E-state index is 13.0. The highest BCUT2D eigenvalue weighted by molar-refractivity contribution is 6.25. The molecular formula is C20H22O. The van der Waals surface area contributed by atoms with E-state index in [1.54, 1.807) is 0 Å². The van der Waals surface area contributed by atoms with Gasteiger partial charge < -0.3 is 0 Å². The van der Waals surface area contributed by atoms with Crippen LogP contribution in [0.3, 0.4) is 0 Å². The minimum absolute atomic E-state index is 0.0446. The maximum absolute atomic E-state index is 13.0. The molecule has 0 N–H and O–H groups in total. The molecule has 21 heavy (non-hydrogen) atoms. The average molecular weight is 278 g/mol. The number of hydrogen-bond donors (Lipinski definition) is 0. The van der Waals surface area contributed by atoms with Crippen molar-refractivity contribution >= 4 is 22.1 Å². The third-order valence-corrected chi connectivity index (χ3v) is 4.26. The van der Waals surface area contributed by atoms with E-state index in [9.17, 15) is 4.79 Å². The normalized spacial score (nSPS) is 15.2. The summed E-state index contributed by atoms with van der Waals surface area (Å²) >= 11 is 0. The lowest BCUT2D eigenvalue weighted by Gasteiger charge is -2.33. The van der Waals surface area contributed by atoms with E-state index in [2.05, 4.69) is 58.9 Å². The predicted molar refractivity (Wildman–Crippen MR) is 89.5 cm³/mol. The molecule has 0 aromatic heterocycles. The highest BCUT2D eigenvalue weighted by atomic mass is 16.1. The molecule has 2 aromatic carbocycles. The van der Waals surface area contributed by atoms with E-state index < -0.39 is 0 Å². The molecule has 1 heteroatoms. The van der Waals surface area contributed by atoms with Gasteiger partial charge in [0.2, 0.25) is 0 Å². The number of carbonyl (C=O) groups is 1. The van der Waals surface area contributed by atoms with Crippen LogP contribution in [0.25, 0.3) is 16.3 Å². The summed E-state index contributed by atoms with van der Waals surface area (Å²) in [6, 6.07) is 12.4. The van der Waals surface area contributed by atoms with Crippen LogP contribution in [0, 0.1) is 11.3 Å². The monoisotopic (exact) mass is 278 g/mol. The van der Waals surface area contributed by atoms with Crippen LogP contribution >= 0.6 is 0 Å². The number of benzene rings is 2. The van der Waals surface area contributed by atoms with Crippen molar-refractivity contribution in [1.82, 2.24) is 0 Å². The fourth-order valence-corrected chi connectivity index (χ4v) is 3.50. The SMILES string of the molecule is CC(C)C1=C(C(C)(C)C)c2cccc3cccc(c23)C1=O. The van der Waals surface area contributed by atoms with E-state index in [4.69, 9.17) is 0 Å². The highest BCUT2D eigenvalue weighted by Crippen LogP contribution is 2.46. The van der Waals surface area contributed by atoms with Crippen molar-refractivity contribution in [2.75, 3.05) is 0 Å². The second-order valence-corrected chi connectivity index (χ2v) is 7.23. The molecule has 0 amide bonds. The molecule has 0 saturated heterocycles. The Balaban J connectivity index is 2.50. The first-order chi connectivity index (χ1) is 9.82. The van der Waals surface area contributed by atoms with Gasteiger partial charge in [0.1, 0.15) is 0 Å². The Labute approximate surface area is 126 Å². The Morgan fingerprint density at radius 1 is 0.905 bits per heavy atom. The summed E-state index contributed by atoms with van der Waals surface area (Å²) in [6.45, 7) is 10.8. The number of carbonyl (C=O) groups excluding carboxylic acids is 1. The maximum Gasteiger partial charge on any atom is 0.190 e. The molecule has 0 fully saturated rings. The highest BCUT2D eigenvalue weighted by Gasteiger charge is 2.34. The zero-order valence-corrected chi connectivity index (χ0v) is 13.4. The van der Waals surface area contributed by atoms with Gasteiger partial charge in [-0.1, -0.05) is 71.0 Å². The van der Waals surface area contributed by atoms with E-state index in [0.717, 1.165) is 21.9 Å². The van der Waals surface area contributed by atoms with E-state index in [-0.39, 0.29) is 17.1 Å². The van der Waals surface area contributed by atoms with Gasteiger partial charge in [0, 0.05) is 16.5 Å². The Morgan fingerprint density at radius 3 is 2.00 bits per heavy atom. The Kier molecular flexibility index (Phi) is 3.05. The smallest absolute Gasteiger partial charge is 0.190 e. The summed E-state index contributed by atoms with van der Waals surface area (Å²) in [5.41, 5.74) is 4.25. The lowest BCUT2D eigenvalue weighted by atomic mass is 9.70. The molecular weight excluding hydrogens is 256 g/mol. The predicted octanol–water partition coefficient (Wildman–Crippen LogP) is 5.49. The average Bonchev–Trinajstić information content (AvgIpc) is 2.40. The molecule has 108 valence electrons. The van der Waals surface area contributed by atoms with E-state index in [0.29, 0.717) is 0 Å². The molecule has 0 aliphatic heterocycles. The van der Waals surface area contributed by atoms with Gasteiger partial charge in [0.25, 0.3) is 0 Å². The summed E-state index contributed by atoms with van der Waals surface area (Å²) in [6.07, 6.45) is 0. The zero-order chi connectivity index (χ0) is 15.4. The van der Waals surface area contributed by atoms with Gasteiger partial charge in [-0.3, -0.25) is 4.79 Å². The summed E-state index contributed by atoms with van der Waals surface area (Å²) in [5, 5.41) is 2.28. The van der Waals surface area contributed by atoms with Crippen LogP contribution in [0.15, 0.2) is 42.0 Å². The topological polar surface area (TPSA) is 17.1 Å². The van der Waals surface area contributed by atoms with Crippen molar-refractivity contribution in [3.05, 3.63) is 53.1 Å². The van der Waals surface area contributed by atoms with Crippen LogP contribution < -0.4 is 0 Å². The number of hydrogen-bond acceptors (Lipinski definition) is 1. The number of Topliss-reactive ketones (excluding diaryl/α,β-unsaturated/α-hetero) is 1. The first-order valence-corrected chi connectivity index (χ1v) is 7.64. The first-order valence-electron chi connectivity index (χ1n) is 7.64. The van der Waals surface area contributed by atoms with E-state index in [1.165, 1.54) is 11.1 Å². The fraction of sp³-hybridized carbons (Fsp3) is 0.350. The quantitative estimate of drug-likeness (QED) is 0.674. The van der Waals surface area contributed by atoms with E-state index >= 15 is 0 Å². The molecule has 0 unspecified atom stereocenters. The molecule has 1 nitrogen and oxygen atoms in total. The summed E-state index contributed by atoms with van der Waals surface area (Å²) < 4.78 is 0. The molecule has 0 bridgehead atoms. The van der Waals surface area contributed by atoms with Gasteiger partial charge in [0.05, 0.1) is 0 Å². The molecule has 0 saturated carbocycles. The second kappa shape index (κ2) is 4.56. The van der Waals surface area contributed by atoms with Crippen molar-refractivity contribution in [3.63, 3.8) is 0 Å². The Hall–Kier alpha value is -1.89. The van der Waals surface area contributed by atoms with Crippen LogP contribution in [0.5, 0.6) is 0 Å². The minimum Gasteiger partial charge on any atom is -0.289 e. The third-order valence-electron chi connectivity index (χ3n) is 4.26. The minimum atomic E-state index is -0.0446. The standard InChI is InChI=1S/C20H22O/c1-12(2)16-18(20(3,4)5)14-10-6-8-13-9-7-11-15(17(13)14)19(16)21/h6-12H,1-5H3. The van der Waals surface area contributed by atoms with Crippen molar-refractivity contribution in [3.8, 4) is 0 Å². The molecule has 1 aliphatic carbocycles. The number of allylic oxidation sites excluding steroid dienone is 2. The molecule has 0 radical (unpaired) electrons. The summed E-state index contributed by atoms with van der Waals surface area (Å²) in [4.78, 5) is 13.0. The van der Waals surface area contributed by atoms with Crippen LogP contribution in [0.1, 0.15) is 50.5 Å². The van der Waals surface area contributed by atoms with Gasteiger partial charge >= 0.3 is 0 Å². The van der Waals surface area contributed by atoms with Gasteiger partial charge in [-0.2, -0.15) is 0 Å². The van der Waals surface area contributed by atoms with Gasteiger partial charge in [-0.15, -0.1) is 0 Å². The molecule has 2 aromatic rings. The lowest BCUT2D eigenvalue weighted by molar-refractivity contribution is 0.102. The lowest BCUT2D eigenvalue weighted by Crippen LogP contribution is -2.23. The zero-order valence-electron chi connectivity index (χ0n) is 13.4. The number of rotatable bonds is 1. The van der Waals surface area contributed by atoms with Crippen molar-refractivity contribution in [1.29, 1.82) is 0 Å². The molecule has 0 heterocycles. The molecule has 1 aliphatic rings. The van der Waals surface area contributed by atoms with Gasteiger partial charge in [-0.05, 0) is 27.9 Å². The summed E-state index contributed by atoms with van der Waals surface area (Å²) in [5.74, 6) is 0.439.